The molecule has 6 heteroatoms. The molecule has 0 aliphatic heterocycles. The summed E-state index contributed by atoms with van der Waals surface area (Å²) in [5, 5.41) is 0.505. The first-order valence-electron chi connectivity index (χ1n) is 6.91. The Morgan fingerprint density at radius 2 is 1.14 bits per heavy atom. The molecule has 1 atom stereocenters. The van der Waals surface area contributed by atoms with E-state index < -0.39 is 20.1 Å². The van der Waals surface area contributed by atoms with Crippen molar-refractivity contribution >= 4 is 25.3 Å². The van der Waals surface area contributed by atoms with Crippen LogP contribution in [0.4, 0.5) is 0 Å². The van der Waals surface area contributed by atoms with Crippen molar-refractivity contribution in [3.05, 3.63) is 60.7 Å². The van der Waals surface area contributed by atoms with Crippen LogP contribution in [0.1, 0.15) is 6.92 Å². The topological polar surface area (TPSA) is 52.6 Å². The van der Waals surface area contributed by atoms with Crippen LogP contribution >= 0.6 is 14.7 Å². The van der Waals surface area contributed by atoms with Crippen LogP contribution in [-0.2, 0) is 18.2 Å². The van der Waals surface area contributed by atoms with Crippen molar-refractivity contribution in [1.29, 1.82) is 0 Å². The molecule has 2 aromatic rings. The van der Waals surface area contributed by atoms with E-state index in [1.165, 1.54) is 14.2 Å². The second kappa shape index (κ2) is 6.93. The van der Waals surface area contributed by atoms with Gasteiger partial charge in [-0.15, -0.1) is 0 Å². The maximum Gasteiger partial charge on any atom is 0.340 e. The van der Waals surface area contributed by atoms with Crippen LogP contribution < -0.4 is 10.6 Å². The second-order valence-corrected chi connectivity index (χ2v) is 11.0. The Labute approximate surface area is 131 Å². The molecule has 0 aliphatic rings. The molecule has 1 unspecified atom stereocenters. The Morgan fingerprint density at radius 3 is 1.45 bits per heavy atom. The minimum atomic E-state index is -3.49. The smallest absolute Gasteiger partial charge is 0.313 e. The molecule has 0 aromatic heterocycles. The van der Waals surface area contributed by atoms with Crippen LogP contribution in [0.3, 0.4) is 0 Å². The second-order valence-electron chi connectivity index (χ2n) is 4.87. The van der Waals surface area contributed by atoms with Gasteiger partial charge < -0.3 is 13.6 Å². The normalized spacial score (nSPS) is 13.8. The number of benzene rings is 2. The summed E-state index contributed by atoms with van der Waals surface area (Å²) in [4.78, 5) is 0. The molecule has 2 rings (SSSR count). The molecule has 0 fully saturated rings. The van der Waals surface area contributed by atoms with E-state index in [9.17, 15) is 9.13 Å². The lowest BCUT2D eigenvalue weighted by Gasteiger charge is -2.29. The van der Waals surface area contributed by atoms with E-state index in [4.69, 9.17) is 9.05 Å². The summed E-state index contributed by atoms with van der Waals surface area (Å²) in [6.07, 6.45) is 0. The lowest BCUT2D eigenvalue weighted by atomic mass is 10.4. The SMILES string of the molecule is COP(=O)(OC)C(C)P(=O)(c1ccccc1)c1ccccc1. The lowest BCUT2D eigenvalue weighted by Crippen LogP contribution is -2.25. The maximum atomic E-state index is 13.9. The minimum Gasteiger partial charge on any atom is -0.313 e. The van der Waals surface area contributed by atoms with Crippen LogP contribution in [0.2, 0.25) is 0 Å². The Bertz CT molecular complexity index is 649. The summed E-state index contributed by atoms with van der Waals surface area (Å²) < 4.78 is 37.0. The zero-order valence-corrected chi connectivity index (χ0v) is 14.7. The van der Waals surface area contributed by atoms with E-state index in [0.29, 0.717) is 10.6 Å². The predicted octanol–water partition coefficient (Wildman–Crippen LogP) is 3.83. The van der Waals surface area contributed by atoms with Crippen molar-refractivity contribution in [3.8, 4) is 0 Å². The van der Waals surface area contributed by atoms with E-state index in [2.05, 4.69) is 0 Å². The largest absolute Gasteiger partial charge is 0.340 e. The van der Waals surface area contributed by atoms with E-state index in [0.717, 1.165) is 0 Å². The Kier molecular flexibility index (Phi) is 5.41. The van der Waals surface area contributed by atoms with Gasteiger partial charge in [-0.2, -0.15) is 0 Å². The Balaban J connectivity index is 2.67. The van der Waals surface area contributed by atoms with Gasteiger partial charge in [0.1, 0.15) is 5.40 Å². The van der Waals surface area contributed by atoms with Crippen LogP contribution in [0.5, 0.6) is 0 Å². The molecule has 22 heavy (non-hydrogen) atoms. The fraction of sp³-hybridized carbons (Fsp3) is 0.250. The average Bonchev–Trinajstić information content (AvgIpc) is 2.61. The van der Waals surface area contributed by atoms with Crippen molar-refractivity contribution in [1.82, 2.24) is 0 Å². The van der Waals surface area contributed by atoms with E-state index >= 15 is 0 Å². The quantitative estimate of drug-likeness (QED) is 0.751. The number of hydrogen-bond donors (Lipinski definition) is 0. The molecule has 0 saturated heterocycles. The molecule has 0 spiro atoms. The first-order chi connectivity index (χ1) is 10.5. The zero-order valence-electron chi connectivity index (χ0n) is 12.9. The van der Waals surface area contributed by atoms with Crippen molar-refractivity contribution in [2.45, 2.75) is 12.3 Å². The predicted molar refractivity (Wildman–Crippen MR) is 90.8 cm³/mol. The highest BCUT2D eigenvalue weighted by Gasteiger charge is 2.46. The highest BCUT2D eigenvalue weighted by Crippen LogP contribution is 2.67. The van der Waals surface area contributed by atoms with Gasteiger partial charge in [0.2, 0.25) is 0 Å². The fourth-order valence-corrected chi connectivity index (χ4v) is 8.57. The molecule has 0 bridgehead atoms. The summed E-state index contributed by atoms with van der Waals surface area (Å²) in [7, 11) is -4.03. The number of rotatable bonds is 6. The molecule has 0 radical (unpaired) electrons. The molecule has 2 aromatic carbocycles. The summed E-state index contributed by atoms with van der Waals surface area (Å²) in [5.41, 5.74) is 0. The molecule has 0 saturated carbocycles. The third kappa shape index (κ3) is 2.98. The van der Waals surface area contributed by atoms with Crippen LogP contribution in [0, 0.1) is 0 Å². The molecular weight excluding hydrogens is 318 g/mol. The molecule has 4 nitrogen and oxygen atoms in total. The third-order valence-electron chi connectivity index (χ3n) is 3.77. The highest BCUT2D eigenvalue weighted by molar-refractivity contribution is 7.87. The van der Waals surface area contributed by atoms with Crippen LogP contribution in [-0.4, -0.2) is 19.6 Å². The van der Waals surface area contributed by atoms with Crippen molar-refractivity contribution < 1.29 is 18.2 Å². The van der Waals surface area contributed by atoms with Gasteiger partial charge in [-0.1, -0.05) is 60.7 Å². The zero-order chi connectivity index (χ0) is 16.2. The van der Waals surface area contributed by atoms with Gasteiger partial charge in [-0.25, -0.2) is 0 Å². The van der Waals surface area contributed by atoms with Gasteiger partial charge in [-0.3, -0.25) is 4.57 Å². The monoisotopic (exact) mass is 338 g/mol. The van der Waals surface area contributed by atoms with E-state index in [1.807, 2.05) is 36.4 Å². The molecule has 0 N–H and O–H groups in total. The number of hydrogen-bond acceptors (Lipinski definition) is 4. The summed E-state index contributed by atoms with van der Waals surface area (Å²) >= 11 is 0. The van der Waals surface area contributed by atoms with Gasteiger partial charge in [0.05, 0.1) is 0 Å². The van der Waals surface area contributed by atoms with Crippen molar-refractivity contribution in [2.75, 3.05) is 14.2 Å². The average molecular weight is 338 g/mol. The van der Waals surface area contributed by atoms with E-state index in [1.54, 1.807) is 31.2 Å². The Morgan fingerprint density at radius 1 is 0.773 bits per heavy atom. The Hall–Kier alpha value is -1.18. The molecule has 0 amide bonds. The first-order valence-corrected chi connectivity index (χ1v) is 10.3. The summed E-state index contributed by atoms with van der Waals surface area (Å²) in [6, 6.07) is 18.2. The lowest BCUT2D eigenvalue weighted by molar-refractivity contribution is 0.274. The van der Waals surface area contributed by atoms with Gasteiger partial charge in [0.25, 0.3) is 0 Å². The van der Waals surface area contributed by atoms with Crippen molar-refractivity contribution in [2.24, 2.45) is 0 Å². The van der Waals surface area contributed by atoms with Crippen LogP contribution in [0.15, 0.2) is 60.7 Å². The first kappa shape index (κ1) is 17.2. The summed E-state index contributed by atoms with van der Waals surface area (Å²) in [6.45, 7) is 1.66. The molecule has 0 aliphatic carbocycles. The van der Waals surface area contributed by atoms with Gasteiger partial charge >= 0.3 is 7.60 Å². The third-order valence-corrected chi connectivity index (χ3v) is 10.7. The van der Waals surface area contributed by atoms with Gasteiger partial charge in [-0.05, 0) is 6.92 Å². The minimum absolute atomic E-state index is 0.642. The highest BCUT2D eigenvalue weighted by atomic mass is 31.2. The van der Waals surface area contributed by atoms with E-state index in [-0.39, 0.29) is 0 Å². The van der Waals surface area contributed by atoms with Gasteiger partial charge in [0.15, 0.2) is 7.14 Å². The standard InChI is InChI=1S/C16H20O4P2/c1-14(22(18,19-2)20-3)21(17,15-10-6-4-7-11-15)16-12-8-5-9-13-16/h4-14H,1-3H3. The molecule has 118 valence electrons. The maximum absolute atomic E-state index is 13.9. The van der Waals surface area contributed by atoms with Crippen LogP contribution in [0.25, 0.3) is 0 Å². The molecular formula is C16H20O4P2. The summed E-state index contributed by atoms with van der Waals surface area (Å²) in [5.74, 6) is 0. The van der Waals surface area contributed by atoms with Crippen molar-refractivity contribution in [3.63, 3.8) is 0 Å². The fourth-order valence-electron chi connectivity index (χ4n) is 2.46. The molecule has 0 heterocycles. The van der Waals surface area contributed by atoms with Gasteiger partial charge in [0, 0.05) is 24.8 Å².